The molecule has 2 aromatic rings. The first-order valence-corrected chi connectivity index (χ1v) is 13.1. The lowest BCUT2D eigenvalue weighted by Crippen LogP contribution is -2.35. The number of methoxy groups -OCH3 is 1. The molecular formula is C25H31N3O5S. The van der Waals surface area contributed by atoms with Crippen LogP contribution in [0.4, 0.5) is 5.69 Å². The maximum Gasteiger partial charge on any atom is 0.301 e. The van der Waals surface area contributed by atoms with E-state index in [-0.39, 0.29) is 24.2 Å². The van der Waals surface area contributed by atoms with E-state index in [4.69, 9.17) is 9.47 Å². The Bertz CT molecular complexity index is 1200. The molecule has 1 aliphatic carbocycles. The van der Waals surface area contributed by atoms with Crippen LogP contribution >= 0.6 is 0 Å². The van der Waals surface area contributed by atoms with Gasteiger partial charge in [-0.05, 0) is 56.4 Å². The van der Waals surface area contributed by atoms with Gasteiger partial charge in [0.25, 0.3) is 5.91 Å². The molecule has 9 heteroatoms. The minimum Gasteiger partial charge on any atom is -0.486 e. The number of hydrogen-bond donors (Lipinski definition) is 1. The largest absolute Gasteiger partial charge is 0.486 e. The third kappa shape index (κ3) is 4.52. The molecular weight excluding hydrogens is 454 g/mol. The lowest BCUT2D eigenvalue weighted by molar-refractivity contribution is 0.0340. The van der Waals surface area contributed by atoms with E-state index in [0.29, 0.717) is 42.6 Å². The van der Waals surface area contributed by atoms with E-state index in [1.54, 1.807) is 40.6 Å². The number of nitrogens with one attached hydrogen (secondary N) is 1. The number of anilines is 1. The predicted octanol–water partition coefficient (Wildman–Crippen LogP) is 2.97. The fourth-order valence-electron chi connectivity index (χ4n) is 5.05. The van der Waals surface area contributed by atoms with Gasteiger partial charge in [-0.3, -0.25) is 9.52 Å². The molecule has 1 amide bonds. The second kappa shape index (κ2) is 8.87. The summed E-state index contributed by atoms with van der Waals surface area (Å²) < 4.78 is 41.7. The molecule has 8 nitrogen and oxygen atoms in total. The fraction of sp³-hybridized carbons (Fsp3) is 0.480. The lowest BCUT2D eigenvalue weighted by atomic mass is 10.0. The molecule has 1 N–H and O–H groups in total. The third-order valence-corrected chi connectivity index (χ3v) is 8.65. The van der Waals surface area contributed by atoms with E-state index in [0.717, 1.165) is 24.0 Å². The summed E-state index contributed by atoms with van der Waals surface area (Å²) in [5.41, 5.74) is 3.11. The van der Waals surface area contributed by atoms with E-state index in [9.17, 15) is 13.2 Å². The number of carbonyl (C=O) groups excluding carboxylic acids is 1. The monoisotopic (exact) mass is 485 g/mol. The molecule has 1 saturated carbocycles. The van der Waals surface area contributed by atoms with E-state index in [1.807, 2.05) is 32.0 Å². The number of nitrogens with zero attached hydrogens (tertiary/aromatic N) is 2. The van der Waals surface area contributed by atoms with E-state index < -0.39 is 10.2 Å². The zero-order chi connectivity index (χ0) is 24.0. The highest BCUT2D eigenvalue weighted by Gasteiger charge is 2.51. The van der Waals surface area contributed by atoms with Gasteiger partial charge in [-0.15, -0.1) is 0 Å². The van der Waals surface area contributed by atoms with Crippen molar-refractivity contribution >= 4 is 21.8 Å². The van der Waals surface area contributed by atoms with Gasteiger partial charge < -0.3 is 14.4 Å². The molecule has 3 aliphatic rings. The van der Waals surface area contributed by atoms with Crippen LogP contribution in [0.5, 0.6) is 5.75 Å². The number of piperidine rings is 1. The second-order valence-corrected chi connectivity index (χ2v) is 11.2. The number of fused-ring (bicyclic) bond motifs is 1. The molecule has 182 valence electrons. The summed E-state index contributed by atoms with van der Waals surface area (Å²) in [6.45, 7) is 5.29. The molecule has 2 heterocycles. The molecule has 4 unspecified atom stereocenters. The highest BCUT2D eigenvalue weighted by molar-refractivity contribution is 7.90. The van der Waals surface area contributed by atoms with Crippen LogP contribution in [-0.2, 0) is 14.9 Å². The zero-order valence-electron chi connectivity index (χ0n) is 19.7. The van der Waals surface area contributed by atoms with E-state index in [2.05, 4.69) is 4.72 Å². The molecule has 34 heavy (non-hydrogen) atoms. The normalized spacial score (nSPS) is 26.4. The van der Waals surface area contributed by atoms with Crippen molar-refractivity contribution in [2.24, 2.45) is 5.92 Å². The Morgan fingerprint density at radius 1 is 1.09 bits per heavy atom. The maximum atomic E-state index is 13.2. The van der Waals surface area contributed by atoms with Crippen molar-refractivity contribution in [1.82, 2.24) is 9.21 Å². The Kier molecular flexibility index (Phi) is 6.03. The van der Waals surface area contributed by atoms with Crippen LogP contribution in [0.25, 0.3) is 0 Å². The Balaban J connectivity index is 1.27. The van der Waals surface area contributed by atoms with Gasteiger partial charge in [0.05, 0.1) is 18.8 Å². The summed E-state index contributed by atoms with van der Waals surface area (Å²) in [6.07, 6.45) is 1.25. The van der Waals surface area contributed by atoms with Crippen LogP contribution in [0.2, 0.25) is 0 Å². The van der Waals surface area contributed by atoms with Gasteiger partial charge >= 0.3 is 10.2 Å². The SMILES string of the molecule is COC1CN(C(=O)c2cc(C)ccc2C)CC1Oc1cccc(NS(=O)(=O)N2CCC3CC32)c1. The molecule has 0 radical (unpaired) electrons. The third-order valence-electron chi connectivity index (χ3n) is 7.08. The molecule has 0 aromatic heterocycles. The second-order valence-electron chi connectivity index (χ2n) is 9.56. The van der Waals surface area contributed by atoms with Gasteiger partial charge in [-0.25, -0.2) is 0 Å². The molecule has 5 rings (SSSR count). The van der Waals surface area contributed by atoms with Crippen molar-refractivity contribution < 1.29 is 22.7 Å². The van der Waals surface area contributed by atoms with Gasteiger partial charge in [0.15, 0.2) is 0 Å². The Labute approximate surface area is 201 Å². The fourth-order valence-corrected chi connectivity index (χ4v) is 6.56. The summed E-state index contributed by atoms with van der Waals surface area (Å²) in [6, 6.07) is 12.9. The first-order chi connectivity index (χ1) is 16.2. The molecule has 0 bridgehead atoms. The number of benzene rings is 2. The van der Waals surface area contributed by atoms with Crippen LogP contribution in [0.1, 0.15) is 34.3 Å². The Hall–Kier alpha value is -2.62. The smallest absolute Gasteiger partial charge is 0.301 e. The van der Waals surface area contributed by atoms with Crippen LogP contribution in [0.15, 0.2) is 42.5 Å². The standard InChI is InChI=1S/C25H31N3O5S/c1-16-7-8-17(2)21(11-16)25(29)27-14-23(32-3)24(15-27)33-20-6-4-5-19(13-20)26-34(30,31)28-10-9-18-12-22(18)28/h4-8,11,13,18,22-24,26H,9-10,12,14-15H2,1-3H3. The molecule has 4 atom stereocenters. The summed E-state index contributed by atoms with van der Waals surface area (Å²) in [5.74, 6) is 1.01. The van der Waals surface area contributed by atoms with Gasteiger partial charge in [-0.1, -0.05) is 23.8 Å². The zero-order valence-corrected chi connectivity index (χ0v) is 20.5. The lowest BCUT2D eigenvalue weighted by Gasteiger charge is -2.21. The van der Waals surface area contributed by atoms with E-state index in [1.165, 1.54) is 0 Å². The molecule has 2 saturated heterocycles. The summed E-state index contributed by atoms with van der Waals surface area (Å²) >= 11 is 0. The van der Waals surface area contributed by atoms with Gasteiger partial charge in [0, 0.05) is 31.3 Å². The number of aryl methyl sites for hydroxylation is 2. The van der Waals surface area contributed by atoms with Crippen molar-refractivity contribution in [3.8, 4) is 5.75 Å². The number of hydrogen-bond acceptors (Lipinski definition) is 5. The number of amides is 1. The Morgan fingerprint density at radius 2 is 1.88 bits per heavy atom. The van der Waals surface area contributed by atoms with Gasteiger partial charge in [0.1, 0.15) is 18.0 Å². The minimum absolute atomic E-state index is 0.0418. The molecule has 3 fully saturated rings. The summed E-state index contributed by atoms with van der Waals surface area (Å²) in [4.78, 5) is 14.9. The first kappa shape index (κ1) is 23.1. The van der Waals surface area contributed by atoms with Crippen molar-refractivity contribution in [3.05, 3.63) is 59.2 Å². The number of rotatable bonds is 7. The van der Waals surface area contributed by atoms with Gasteiger partial charge in [0.2, 0.25) is 0 Å². The van der Waals surface area contributed by atoms with Crippen molar-refractivity contribution in [2.75, 3.05) is 31.5 Å². The molecule has 2 aromatic carbocycles. The van der Waals surface area contributed by atoms with Crippen LogP contribution < -0.4 is 9.46 Å². The highest BCUT2D eigenvalue weighted by atomic mass is 32.2. The van der Waals surface area contributed by atoms with Crippen LogP contribution in [-0.4, -0.2) is 68.5 Å². The van der Waals surface area contributed by atoms with Crippen molar-refractivity contribution in [3.63, 3.8) is 0 Å². The predicted molar refractivity (Wildman–Crippen MR) is 129 cm³/mol. The number of carbonyl (C=O) groups is 1. The number of ether oxygens (including phenoxy) is 2. The molecule has 2 aliphatic heterocycles. The van der Waals surface area contributed by atoms with Gasteiger partial charge in [-0.2, -0.15) is 12.7 Å². The highest BCUT2D eigenvalue weighted by Crippen LogP contribution is 2.45. The topological polar surface area (TPSA) is 88.2 Å². The quantitative estimate of drug-likeness (QED) is 0.652. The summed E-state index contributed by atoms with van der Waals surface area (Å²) in [5, 5.41) is 0. The van der Waals surface area contributed by atoms with Crippen molar-refractivity contribution in [1.29, 1.82) is 0 Å². The molecule has 0 spiro atoms. The maximum absolute atomic E-state index is 13.2. The first-order valence-electron chi connectivity index (χ1n) is 11.7. The van der Waals surface area contributed by atoms with Crippen LogP contribution in [0.3, 0.4) is 0 Å². The van der Waals surface area contributed by atoms with Crippen molar-refractivity contribution in [2.45, 2.75) is 44.9 Å². The number of likely N-dealkylation sites (tertiary alicyclic amines) is 1. The van der Waals surface area contributed by atoms with Crippen LogP contribution in [0, 0.1) is 19.8 Å². The van der Waals surface area contributed by atoms with E-state index >= 15 is 0 Å². The average Bonchev–Trinajstić information content (AvgIpc) is 3.24. The summed E-state index contributed by atoms with van der Waals surface area (Å²) in [7, 11) is -1.98. The minimum atomic E-state index is -3.59. The Morgan fingerprint density at radius 3 is 2.59 bits per heavy atom. The average molecular weight is 486 g/mol.